The van der Waals surface area contributed by atoms with Gasteiger partial charge in [0.25, 0.3) is 0 Å². The number of sulfonamides is 1. The molecule has 7 nitrogen and oxygen atoms in total. The molecule has 0 bridgehead atoms. The molecule has 2 aliphatic heterocycles. The van der Waals surface area contributed by atoms with E-state index >= 15 is 0 Å². The summed E-state index contributed by atoms with van der Waals surface area (Å²) in [5.41, 5.74) is 3.91. The van der Waals surface area contributed by atoms with Crippen molar-refractivity contribution < 1.29 is 31.8 Å². The lowest BCUT2D eigenvalue weighted by Gasteiger charge is -2.32. The number of rotatable bonds is 10. The third kappa shape index (κ3) is 7.26. The van der Waals surface area contributed by atoms with Crippen molar-refractivity contribution in [1.82, 2.24) is 8.87 Å². The molecule has 10 heteroatoms. The summed E-state index contributed by atoms with van der Waals surface area (Å²) in [5, 5.41) is 10.3. The molecule has 3 aromatic carbocycles. The van der Waals surface area contributed by atoms with Gasteiger partial charge in [-0.2, -0.15) is 4.31 Å². The summed E-state index contributed by atoms with van der Waals surface area (Å²) < 4.78 is 67.5. The van der Waals surface area contributed by atoms with Gasteiger partial charge in [0.15, 0.2) is 0 Å². The number of aromatic nitrogens is 1. The van der Waals surface area contributed by atoms with Gasteiger partial charge >= 0.3 is 5.97 Å². The van der Waals surface area contributed by atoms with E-state index in [1.165, 1.54) is 29.8 Å². The molecule has 3 heterocycles. The molecule has 2 atom stereocenters. The van der Waals surface area contributed by atoms with Crippen LogP contribution in [0.1, 0.15) is 63.1 Å². The van der Waals surface area contributed by atoms with E-state index in [2.05, 4.69) is 12.1 Å². The average Bonchev–Trinajstić information content (AvgIpc) is 3.41. The van der Waals surface area contributed by atoms with Crippen molar-refractivity contribution in [2.45, 2.75) is 81.9 Å². The van der Waals surface area contributed by atoms with Crippen LogP contribution in [0.15, 0.2) is 83.8 Å². The number of aliphatic hydroxyl groups excluding tert-OH is 1. The Hall–Kier alpha value is -3.86. The van der Waals surface area contributed by atoms with Crippen molar-refractivity contribution in [2.24, 2.45) is 5.92 Å². The zero-order valence-electron chi connectivity index (χ0n) is 27.3. The van der Waals surface area contributed by atoms with Gasteiger partial charge in [-0.05, 0) is 84.2 Å². The molecule has 254 valence electrons. The van der Waals surface area contributed by atoms with Gasteiger partial charge in [-0.3, -0.25) is 4.79 Å². The predicted octanol–water partition coefficient (Wildman–Crippen LogP) is 7.32. The Labute approximate surface area is 281 Å². The van der Waals surface area contributed by atoms with Crippen LogP contribution in [0.4, 0.5) is 8.78 Å². The highest BCUT2D eigenvalue weighted by molar-refractivity contribution is 7.89. The Morgan fingerprint density at radius 2 is 1.50 bits per heavy atom. The number of nitrogens with zero attached hydrogens (tertiary/aromatic N) is 2. The lowest BCUT2D eigenvalue weighted by molar-refractivity contribution is -0.160. The smallest absolute Gasteiger partial charge is 0.308 e. The molecule has 0 saturated carbocycles. The number of piperidine rings is 1. The van der Waals surface area contributed by atoms with E-state index in [9.17, 15) is 27.1 Å². The highest BCUT2D eigenvalue weighted by Crippen LogP contribution is 2.46. The van der Waals surface area contributed by atoms with Gasteiger partial charge in [0.1, 0.15) is 22.6 Å². The second kappa shape index (κ2) is 14.3. The second-order valence-electron chi connectivity index (χ2n) is 13.3. The van der Waals surface area contributed by atoms with Crippen molar-refractivity contribution in [3.63, 3.8) is 0 Å². The van der Waals surface area contributed by atoms with Crippen molar-refractivity contribution in [2.75, 3.05) is 13.1 Å². The Kier molecular flexibility index (Phi) is 10.1. The number of halogens is 2. The zero-order chi connectivity index (χ0) is 34.0. The maximum atomic E-state index is 15.0. The van der Waals surface area contributed by atoms with E-state index in [0.717, 1.165) is 19.3 Å². The van der Waals surface area contributed by atoms with E-state index in [1.807, 2.05) is 36.6 Å². The van der Waals surface area contributed by atoms with E-state index in [0.29, 0.717) is 53.5 Å². The highest BCUT2D eigenvalue weighted by Gasteiger charge is 2.39. The molecule has 0 amide bonds. The number of cyclic esters (lactones) is 1. The van der Waals surface area contributed by atoms with Gasteiger partial charge < -0.3 is 14.4 Å². The highest BCUT2D eigenvalue weighted by atomic mass is 32.2. The van der Waals surface area contributed by atoms with Crippen LogP contribution in [0, 0.1) is 17.6 Å². The van der Waals surface area contributed by atoms with E-state index in [-0.39, 0.29) is 30.2 Å². The number of carbonyl (C=O) groups excluding carboxylic acids is 1. The molecule has 1 N–H and O–H groups in total. The normalized spacial score (nSPS) is 19.5. The first-order chi connectivity index (χ1) is 23.0. The zero-order valence-corrected chi connectivity index (χ0v) is 28.1. The van der Waals surface area contributed by atoms with Crippen LogP contribution in [0.3, 0.4) is 0 Å². The Bertz CT molecular complexity index is 1830. The number of hydrogen-bond acceptors (Lipinski definition) is 5. The third-order valence-electron chi connectivity index (χ3n) is 9.50. The number of hydrogen-bond donors (Lipinski definition) is 1. The van der Waals surface area contributed by atoms with E-state index in [4.69, 9.17) is 4.74 Å². The van der Waals surface area contributed by atoms with Gasteiger partial charge in [0.05, 0.1) is 18.2 Å². The predicted molar refractivity (Wildman–Crippen MR) is 181 cm³/mol. The summed E-state index contributed by atoms with van der Waals surface area (Å²) in [6, 6.07) is 21.9. The van der Waals surface area contributed by atoms with Crippen LogP contribution in [0.25, 0.3) is 22.4 Å². The van der Waals surface area contributed by atoms with Crippen molar-refractivity contribution in [3.05, 3.63) is 102 Å². The molecule has 0 aliphatic carbocycles. The first-order valence-electron chi connectivity index (χ1n) is 16.7. The van der Waals surface area contributed by atoms with Gasteiger partial charge in [-0.25, -0.2) is 17.2 Å². The van der Waals surface area contributed by atoms with Crippen LogP contribution in [0.2, 0.25) is 0 Å². The van der Waals surface area contributed by atoms with Crippen LogP contribution < -0.4 is 0 Å². The van der Waals surface area contributed by atoms with Crippen LogP contribution in [-0.4, -0.2) is 53.7 Å². The number of esters is 1. The molecule has 2 fully saturated rings. The number of aliphatic hydroxyl groups is 1. The minimum absolute atomic E-state index is 0.0583. The van der Waals surface area contributed by atoms with Gasteiger partial charge in [-0.15, -0.1) is 0 Å². The fraction of sp³-hybridized carbons (Fsp3) is 0.395. The summed E-state index contributed by atoms with van der Waals surface area (Å²) in [4.78, 5) is 12.3. The van der Waals surface area contributed by atoms with Crippen molar-refractivity contribution >= 4 is 16.0 Å². The van der Waals surface area contributed by atoms with Crippen LogP contribution in [0.5, 0.6) is 0 Å². The first-order valence-corrected chi connectivity index (χ1v) is 18.1. The molecule has 48 heavy (non-hydrogen) atoms. The summed E-state index contributed by atoms with van der Waals surface area (Å²) in [7, 11) is -4.08. The maximum Gasteiger partial charge on any atom is 0.308 e. The summed E-state index contributed by atoms with van der Waals surface area (Å²) in [6.07, 6.45) is 1.52. The van der Waals surface area contributed by atoms with E-state index < -0.39 is 39.8 Å². The second-order valence-corrected chi connectivity index (χ2v) is 15.2. The lowest BCUT2D eigenvalue weighted by Crippen LogP contribution is -2.39. The molecule has 1 unspecified atom stereocenters. The maximum absolute atomic E-state index is 15.0. The average molecular weight is 677 g/mol. The summed E-state index contributed by atoms with van der Waals surface area (Å²) >= 11 is 0. The molecule has 0 spiro atoms. The van der Waals surface area contributed by atoms with Gasteiger partial charge in [-0.1, -0.05) is 56.3 Å². The minimum Gasteiger partial charge on any atom is -0.462 e. The monoisotopic (exact) mass is 676 g/mol. The molecule has 1 aromatic heterocycles. The minimum atomic E-state index is -4.08. The van der Waals surface area contributed by atoms with E-state index in [1.54, 1.807) is 28.6 Å². The standard InChI is InChI=1S/C38H42F2N2O5S/c1-25(2)36-38(48(45,46)41-19-16-27(17-20-41)22-26-6-4-3-5-7-26)35(28-8-12-30(39)13-9-28)37(29-10-14-31(40)15-11-29)42(36)21-18-33-23-32(43)24-34(44)47-33/h3-15,25,27,32-33,43H,16-24H2,1-2H3/t32-,33?/m1/s1. The Morgan fingerprint density at radius 3 is 2.08 bits per heavy atom. The SMILES string of the molecule is CC(C)c1c(S(=O)(=O)N2CCC(Cc3ccccc3)CC2)c(-c2ccc(F)cc2)c(-c2ccc(F)cc2)n1CCC1C[C@@H](O)CC(=O)O1. The number of carbonyl (C=O) groups is 1. The quantitative estimate of drug-likeness (QED) is 0.178. The van der Waals surface area contributed by atoms with Crippen molar-refractivity contribution in [3.8, 4) is 22.4 Å². The summed E-state index contributed by atoms with van der Waals surface area (Å²) in [6.45, 7) is 4.88. The van der Waals surface area contributed by atoms with Gasteiger partial charge in [0, 0.05) is 43.7 Å². The van der Waals surface area contributed by atoms with Gasteiger partial charge in [0.2, 0.25) is 10.0 Å². The van der Waals surface area contributed by atoms with Crippen LogP contribution >= 0.6 is 0 Å². The molecule has 0 radical (unpaired) electrons. The molecular weight excluding hydrogens is 634 g/mol. The lowest BCUT2D eigenvalue weighted by atomic mass is 9.91. The molecular formula is C38H42F2N2O5S. The number of ether oxygens (including phenoxy) is 1. The van der Waals surface area contributed by atoms with Crippen molar-refractivity contribution in [1.29, 1.82) is 0 Å². The molecule has 4 aromatic rings. The first kappa shape index (κ1) is 34.0. The Morgan fingerprint density at radius 1 is 0.896 bits per heavy atom. The third-order valence-corrected chi connectivity index (χ3v) is 11.5. The fourth-order valence-corrected chi connectivity index (χ4v) is 9.25. The Balaban J connectivity index is 1.47. The molecule has 6 rings (SSSR count). The topological polar surface area (TPSA) is 88.8 Å². The summed E-state index contributed by atoms with van der Waals surface area (Å²) in [5.74, 6) is -1.27. The molecule has 2 saturated heterocycles. The molecule has 2 aliphatic rings. The largest absolute Gasteiger partial charge is 0.462 e. The van der Waals surface area contributed by atoms with Crippen LogP contribution in [-0.2, 0) is 32.5 Å². The number of benzene rings is 3. The fourth-order valence-electron chi connectivity index (χ4n) is 7.21.